The van der Waals surface area contributed by atoms with E-state index in [1.54, 1.807) is 0 Å². The van der Waals surface area contributed by atoms with Crippen molar-refractivity contribution in [1.29, 1.82) is 0 Å². The third-order valence-electron chi connectivity index (χ3n) is 4.76. The van der Waals surface area contributed by atoms with Crippen LogP contribution in [0.5, 0.6) is 0 Å². The average Bonchev–Trinajstić information content (AvgIpc) is 2.85. The first kappa shape index (κ1) is 21.3. The fraction of sp³-hybridized carbons (Fsp3) is 0.929. The van der Waals surface area contributed by atoms with Crippen molar-refractivity contribution in [1.82, 2.24) is 4.90 Å². The van der Waals surface area contributed by atoms with Crippen molar-refractivity contribution in [2.45, 2.75) is 56.3 Å². The van der Waals surface area contributed by atoms with Gasteiger partial charge in [-0.2, -0.15) is 0 Å². The van der Waals surface area contributed by atoms with Crippen LogP contribution in [0, 0.1) is 5.92 Å². The molecule has 1 aliphatic heterocycles. The van der Waals surface area contributed by atoms with Crippen LogP contribution in [-0.2, 0) is 4.79 Å². The van der Waals surface area contributed by atoms with Gasteiger partial charge in [0.25, 0.3) is 0 Å². The first-order valence-corrected chi connectivity index (χ1v) is 8.48. The van der Waals surface area contributed by atoms with Crippen LogP contribution in [0.3, 0.4) is 0 Å². The largest absolute Gasteiger partial charge is 0.451 e. The molecule has 1 amide bonds. The van der Waals surface area contributed by atoms with Gasteiger partial charge in [0, 0.05) is 19.0 Å². The number of hydrogen-bond acceptors (Lipinski definition) is 8. The molecule has 0 aromatic heterocycles. The van der Waals surface area contributed by atoms with E-state index in [0.717, 1.165) is 12.8 Å². The van der Waals surface area contributed by atoms with Gasteiger partial charge in [-0.1, -0.05) is 12.8 Å². The number of carbonyl (C=O) groups excluding carboxylic acids is 1. The number of hydrogen-bond donors (Lipinski definition) is 7. The molecule has 0 aliphatic carbocycles. The van der Waals surface area contributed by atoms with Crippen LogP contribution in [0.1, 0.15) is 32.1 Å². The Labute approximate surface area is 142 Å². The summed E-state index contributed by atoms with van der Waals surface area (Å²) < 4.78 is 0. The molecule has 3 atom stereocenters. The molecule has 0 aromatic rings. The molecule has 0 bridgehead atoms. The van der Waals surface area contributed by atoms with Crippen LogP contribution in [0.15, 0.2) is 0 Å². The molecular weight excluding hydrogens is 315 g/mol. The van der Waals surface area contributed by atoms with E-state index in [0.29, 0.717) is 25.8 Å². The maximum atomic E-state index is 12.4. The third-order valence-corrected chi connectivity index (χ3v) is 4.76. The first-order valence-electron chi connectivity index (χ1n) is 8.48. The van der Waals surface area contributed by atoms with Crippen LogP contribution in [0.2, 0.25) is 6.32 Å². The molecule has 1 rings (SSSR count). The molecular formula is C14H31BN4O5. The summed E-state index contributed by atoms with van der Waals surface area (Å²) >= 11 is 0. The number of likely N-dealkylation sites (tertiary alicyclic amines) is 1. The Hall–Kier alpha value is -0.745. The molecule has 10 N–H and O–H groups in total. The lowest BCUT2D eigenvalue weighted by Gasteiger charge is -2.32. The number of nitrogens with zero attached hydrogens (tertiary/aromatic N) is 1. The zero-order valence-electron chi connectivity index (χ0n) is 14.0. The normalized spacial score (nSPS) is 25.3. The topological polar surface area (TPSA) is 179 Å². The summed E-state index contributed by atoms with van der Waals surface area (Å²) in [5, 5.41) is 37.1. The molecule has 1 saturated heterocycles. The van der Waals surface area contributed by atoms with Gasteiger partial charge in [0.2, 0.25) is 5.91 Å². The number of carbonyl (C=O) groups is 1. The highest BCUT2D eigenvalue weighted by Gasteiger charge is 2.49. The van der Waals surface area contributed by atoms with Crippen LogP contribution in [0.4, 0.5) is 0 Å². The molecule has 10 heteroatoms. The highest BCUT2D eigenvalue weighted by molar-refractivity contribution is 6.40. The van der Waals surface area contributed by atoms with E-state index in [-0.39, 0.29) is 31.2 Å². The van der Waals surface area contributed by atoms with Gasteiger partial charge in [-0.15, -0.1) is 0 Å². The molecule has 0 radical (unpaired) electrons. The Morgan fingerprint density at radius 1 is 1.29 bits per heavy atom. The Balaban J connectivity index is 2.66. The molecule has 140 valence electrons. The van der Waals surface area contributed by atoms with E-state index in [2.05, 4.69) is 0 Å². The maximum Gasteiger partial charge on any atom is 0.451 e. The van der Waals surface area contributed by atoms with E-state index in [1.165, 1.54) is 4.90 Å². The standard InChI is InChI=1S/C14H31BN4O5/c16-7-2-1-5-11(17)12(20)19-8-10(4-3-6-15(23)24)14(18,9-19)13(21)22/h10-11,13,21-24H,1-9,16-18H2/t10?,11-,14-/m0/s1. The summed E-state index contributed by atoms with van der Waals surface area (Å²) in [5.74, 6) is -0.608. The molecule has 1 aliphatic rings. The molecule has 0 saturated carbocycles. The van der Waals surface area contributed by atoms with Crippen LogP contribution in [-0.4, -0.2) is 75.7 Å². The van der Waals surface area contributed by atoms with E-state index >= 15 is 0 Å². The molecule has 9 nitrogen and oxygen atoms in total. The summed E-state index contributed by atoms with van der Waals surface area (Å²) in [6, 6.07) is -0.658. The van der Waals surface area contributed by atoms with Crippen LogP contribution < -0.4 is 17.2 Å². The minimum absolute atomic E-state index is 0.0143. The van der Waals surface area contributed by atoms with Crippen LogP contribution >= 0.6 is 0 Å². The Bertz CT molecular complexity index is 401. The fourth-order valence-corrected chi connectivity index (χ4v) is 3.19. The zero-order chi connectivity index (χ0) is 18.3. The quantitative estimate of drug-likeness (QED) is 0.125. The van der Waals surface area contributed by atoms with Crippen molar-refractivity contribution < 1.29 is 25.1 Å². The highest BCUT2D eigenvalue weighted by Crippen LogP contribution is 2.32. The smallest absolute Gasteiger partial charge is 0.427 e. The van der Waals surface area contributed by atoms with Gasteiger partial charge in [-0.05, 0) is 32.1 Å². The molecule has 0 spiro atoms. The molecule has 24 heavy (non-hydrogen) atoms. The summed E-state index contributed by atoms with van der Waals surface area (Å²) in [6.07, 6.45) is 1.38. The van der Waals surface area contributed by atoms with Crippen molar-refractivity contribution in [2.75, 3.05) is 19.6 Å². The van der Waals surface area contributed by atoms with E-state index in [9.17, 15) is 15.0 Å². The van der Waals surface area contributed by atoms with Crippen molar-refractivity contribution >= 4 is 13.0 Å². The third kappa shape index (κ3) is 5.66. The second-order valence-corrected chi connectivity index (χ2v) is 6.70. The van der Waals surface area contributed by atoms with E-state index < -0.39 is 25.0 Å². The lowest BCUT2D eigenvalue weighted by atomic mass is 9.78. The number of aliphatic hydroxyl groups excluding tert-OH is 1. The van der Waals surface area contributed by atoms with Crippen molar-refractivity contribution in [3.05, 3.63) is 0 Å². The van der Waals surface area contributed by atoms with Gasteiger partial charge in [-0.25, -0.2) is 0 Å². The van der Waals surface area contributed by atoms with Crippen molar-refractivity contribution in [3.63, 3.8) is 0 Å². The number of rotatable bonds is 10. The minimum atomic E-state index is -1.77. The van der Waals surface area contributed by atoms with Gasteiger partial charge in [0.05, 0.1) is 11.6 Å². The molecule has 1 heterocycles. The number of aliphatic hydroxyl groups is 2. The maximum absolute atomic E-state index is 12.4. The predicted octanol–water partition coefficient (Wildman–Crippen LogP) is -2.84. The first-order chi connectivity index (χ1) is 11.2. The zero-order valence-corrected chi connectivity index (χ0v) is 14.0. The fourth-order valence-electron chi connectivity index (χ4n) is 3.19. The lowest BCUT2D eigenvalue weighted by Crippen LogP contribution is -2.57. The lowest BCUT2D eigenvalue weighted by molar-refractivity contribution is -0.133. The number of nitrogens with two attached hydrogens (primary N) is 3. The molecule has 1 unspecified atom stereocenters. The summed E-state index contributed by atoms with van der Waals surface area (Å²) in [7, 11) is -1.41. The van der Waals surface area contributed by atoms with Gasteiger partial charge < -0.3 is 42.4 Å². The van der Waals surface area contributed by atoms with E-state index in [1.807, 2.05) is 0 Å². The van der Waals surface area contributed by atoms with Crippen molar-refractivity contribution in [2.24, 2.45) is 23.1 Å². The number of unbranched alkanes of at least 4 members (excludes halogenated alkanes) is 1. The van der Waals surface area contributed by atoms with Crippen LogP contribution in [0.25, 0.3) is 0 Å². The number of amides is 1. The summed E-state index contributed by atoms with van der Waals surface area (Å²) in [4.78, 5) is 13.9. The van der Waals surface area contributed by atoms with Crippen molar-refractivity contribution in [3.8, 4) is 0 Å². The molecule has 1 fully saturated rings. The van der Waals surface area contributed by atoms with Gasteiger partial charge in [0.15, 0.2) is 6.29 Å². The van der Waals surface area contributed by atoms with Gasteiger partial charge in [0.1, 0.15) is 0 Å². The SMILES string of the molecule is NCCCC[C@H](N)C(=O)N1CC(CCCB(O)O)[C@](N)(C(O)O)C1. The Morgan fingerprint density at radius 3 is 2.50 bits per heavy atom. The minimum Gasteiger partial charge on any atom is -0.427 e. The predicted molar refractivity (Wildman–Crippen MR) is 90.3 cm³/mol. The second-order valence-electron chi connectivity index (χ2n) is 6.70. The Morgan fingerprint density at radius 2 is 1.96 bits per heavy atom. The van der Waals surface area contributed by atoms with E-state index in [4.69, 9.17) is 27.2 Å². The second kappa shape index (κ2) is 9.66. The summed E-state index contributed by atoms with van der Waals surface area (Å²) in [5.41, 5.74) is 16.1. The monoisotopic (exact) mass is 346 g/mol. The van der Waals surface area contributed by atoms with Gasteiger partial charge in [-0.3, -0.25) is 4.79 Å². The molecule has 0 aromatic carbocycles. The summed E-state index contributed by atoms with van der Waals surface area (Å²) in [6.45, 7) is 0.839. The average molecular weight is 346 g/mol. The highest BCUT2D eigenvalue weighted by atomic mass is 16.5. The van der Waals surface area contributed by atoms with Gasteiger partial charge >= 0.3 is 7.12 Å². The Kier molecular flexibility index (Phi) is 8.58.